The van der Waals surface area contributed by atoms with E-state index >= 15 is 0 Å². The molecule has 0 saturated carbocycles. The quantitative estimate of drug-likeness (QED) is 0.723. The zero-order valence-corrected chi connectivity index (χ0v) is 14.4. The SMILES string of the molecule is C#CCNS(=O)(=O)c1cccc(C(=O)Nc2ccc(OCC#N)cc2)c1. The summed E-state index contributed by atoms with van der Waals surface area (Å²) >= 11 is 0. The summed E-state index contributed by atoms with van der Waals surface area (Å²) < 4.78 is 31.5. The molecular weight excluding hydrogens is 354 g/mol. The molecule has 2 N–H and O–H groups in total. The fraction of sp³-hybridized carbons (Fsp3) is 0.111. The second-order valence-corrected chi connectivity index (χ2v) is 6.75. The van der Waals surface area contributed by atoms with Gasteiger partial charge in [0.15, 0.2) is 6.61 Å². The van der Waals surface area contributed by atoms with Crippen LogP contribution in [0.3, 0.4) is 0 Å². The van der Waals surface area contributed by atoms with Gasteiger partial charge >= 0.3 is 0 Å². The Morgan fingerprint density at radius 2 is 1.92 bits per heavy atom. The number of carbonyl (C=O) groups is 1. The second kappa shape index (κ2) is 8.67. The maximum absolute atomic E-state index is 12.3. The summed E-state index contributed by atoms with van der Waals surface area (Å²) in [4.78, 5) is 12.3. The number of hydrogen-bond acceptors (Lipinski definition) is 5. The number of benzene rings is 2. The zero-order valence-electron chi connectivity index (χ0n) is 13.6. The first kappa shape index (κ1) is 19.0. The summed E-state index contributed by atoms with van der Waals surface area (Å²) in [5, 5.41) is 11.1. The first-order chi connectivity index (χ1) is 12.5. The van der Waals surface area contributed by atoms with E-state index in [-0.39, 0.29) is 23.6 Å². The van der Waals surface area contributed by atoms with E-state index in [0.29, 0.717) is 11.4 Å². The largest absolute Gasteiger partial charge is 0.479 e. The molecule has 7 nitrogen and oxygen atoms in total. The molecule has 2 aromatic carbocycles. The molecule has 0 aromatic heterocycles. The first-order valence-electron chi connectivity index (χ1n) is 7.40. The van der Waals surface area contributed by atoms with Gasteiger partial charge in [0, 0.05) is 11.3 Å². The lowest BCUT2D eigenvalue weighted by Crippen LogP contribution is -2.24. The predicted molar refractivity (Wildman–Crippen MR) is 96.0 cm³/mol. The number of nitriles is 1. The van der Waals surface area contributed by atoms with E-state index in [4.69, 9.17) is 16.4 Å². The highest BCUT2D eigenvalue weighted by atomic mass is 32.2. The van der Waals surface area contributed by atoms with Crippen molar-refractivity contribution < 1.29 is 17.9 Å². The van der Waals surface area contributed by atoms with E-state index in [2.05, 4.69) is 16.0 Å². The summed E-state index contributed by atoms with van der Waals surface area (Å²) in [6, 6.07) is 13.9. The number of sulfonamides is 1. The molecule has 1 amide bonds. The van der Waals surface area contributed by atoms with Crippen LogP contribution in [-0.4, -0.2) is 27.5 Å². The van der Waals surface area contributed by atoms with E-state index in [1.807, 2.05) is 6.07 Å². The lowest BCUT2D eigenvalue weighted by molar-refractivity contribution is 0.102. The van der Waals surface area contributed by atoms with E-state index in [9.17, 15) is 13.2 Å². The summed E-state index contributed by atoms with van der Waals surface area (Å²) in [6.07, 6.45) is 5.05. The highest BCUT2D eigenvalue weighted by molar-refractivity contribution is 7.89. The molecule has 0 fully saturated rings. The van der Waals surface area contributed by atoms with Crippen molar-refractivity contribution in [2.75, 3.05) is 18.5 Å². The molecule has 2 rings (SSSR count). The van der Waals surface area contributed by atoms with Crippen molar-refractivity contribution in [1.29, 1.82) is 5.26 Å². The van der Waals surface area contributed by atoms with Crippen molar-refractivity contribution in [3.8, 4) is 24.2 Å². The third-order valence-electron chi connectivity index (χ3n) is 3.19. The number of ether oxygens (including phenoxy) is 1. The van der Waals surface area contributed by atoms with Gasteiger partial charge in [0.1, 0.15) is 11.8 Å². The minimum atomic E-state index is -3.78. The number of amides is 1. The molecule has 0 aliphatic heterocycles. The van der Waals surface area contributed by atoms with Crippen LogP contribution < -0.4 is 14.8 Å². The van der Waals surface area contributed by atoms with Crippen LogP contribution >= 0.6 is 0 Å². The lowest BCUT2D eigenvalue weighted by Gasteiger charge is -2.09. The number of nitrogens with one attached hydrogen (secondary N) is 2. The molecule has 0 bridgehead atoms. The minimum Gasteiger partial charge on any atom is -0.479 e. The van der Waals surface area contributed by atoms with Gasteiger partial charge in [0.25, 0.3) is 5.91 Å². The maximum Gasteiger partial charge on any atom is 0.255 e. The zero-order chi connectivity index (χ0) is 19.0. The average molecular weight is 369 g/mol. The van der Waals surface area contributed by atoms with Gasteiger partial charge in [0.05, 0.1) is 11.4 Å². The Balaban J connectivity index is 2.12. The Morgan fingerprint density at radius 3 is 2.58 bits per heavy atom. The van der Waals surface area contributed by atoms with Gasteiger partial charge in [-0.1, -0.05) is 12.0 Å². The summed E-state index contributed by atoms with van der Waals surface area (Å²) in [7, 11) is -3.78. The molecule has 0 atom stereocenters. The molecule has 0 aliphatic rings. The molecule has 8 heteroatoms. The topological polar surface area (TPSA) is 108 Å². The first-order valence-corrected chi connectivity index (χ1v) is 8.89. The van der Waals surface area contributed by atoms with E-state index in [1.54, 1.807) is 24.3 Å². The maximum atomic E-state index is 12.3. The molecule has 0 heterocycles. The van der Waals surface area contributed by atoms with Crippen LogP contribution in [0.5, 0.6) is 5.75 Å². The van der Waals surface area contributed by atoms with Gasteiger partial charge in [-0.15, -0.1) is 6.42 Å². The van der Waals surface area contributed by atoms with Crippen molar-refractivity contribution in [2.45, 2.75) is 4.90 Å². The molecule has 0 saturated heterocycles. The lowest BCUT2D eigenvalue weighted by atomic mass is 10.2. The monoisotopic (exact) mass is 369 g/mol. The van der Waals surface area contributed by atoms with Gasteiger partial charge < -0.3 is 10.1 Å². The summed E-state index contributed by atoms with van der Waals surface area (Å²) in [6.45, 7) is -0.209. The number of hydrogen-bond donors (Lipinski definition) is 2. The van der Waals surface area contributed by atoms with Crippen molar-refractivity contribution in [2.24, 2.45) is 0 Å². The van der Waals surface area contributed by atoms with Crippen LogP contribution in [0.4, 0.5) is 5.69 Å². The Bertz CT molecular complexity index is 971. The summed E-state index contributed by atoms with van der Waals surface area (Å²) in [5.74, 6) is 2.21. The van der Waals surface area contributed by atoms with Crippen LogP contribution in [0, 0.1) is 23.7 Å². The Hall–Kier alpha value is -3.33. The number of terminal acetylenes is 1. The standard InChI is InChI=1S/C18H15N3O4S/c1-2-11-20-26(23,24)17-5-3-4-14(13-17)18(22)21-15-6-8-16(9-7-15)25-12-10-19/h1,3-9,13,20H,11-12H2,(H,21,22). The average Bonchev–Trinajstić information content (AvgIpc) is 2.66. The van der Waals surface area contributed by atoms with Crippen LogP contribution in [0.25, 0.3) is 0 Å². The fourth-order valence-corrected chi connectivity index (χ4v) is 2.96. The molecule has 0 radical (unpaired) electrons. The third-order valence-corrected chi connectivity index (χ3v) is 4.59. The Labute approximate surface area is 151 Å². The minimum absolute atomic E-state index is 0.0550. The van der Waals surface area contributed by atoms with Crippen molar-refractivity contribution >= 4 is 21.6 Å². The van der Waals surface area contributed by atoms with Gasteiger partial charge in [-0.05, 0) is 42.5 Å². The van der Waals surface area contributed by atoms with Crippen LogP contribution in [0.1, 0.15) is 10.4 Å². The van der Waals surface area contributed by atoms with Gasteiger partial charge in [-0.2, -0.15) is 9.98 Å². The Morgan fingerprint density at radius 1 is 1.19 bits per heavy atom. The van der Waals surface area contributed by atoms with Crippen LogP contribution in [0.15, 0.2) is 53.4 Å². The highest BCUT2D eigenvalue weighted by Crippen LogP contribution is 2.17. The number of anilines is 1. The van der Waals surface area contributed by atoms with E-state index in [0.717, 1.165) is 0 Å². The van der Waals surface area contributed by atoms with E-state index in [1.165, 1.54) is 24.3 Å². The van der Waals surface area contributed by atoms with Crippen molar-refractivity contribution in [3.05, 3.63) is 54.1 Å². The second-order valence-electron chi connectivity index (χ2n) is 4.98. The number of carbonyl (C=O) groups excluding carboxylic acids is 1. The van der Waals surface area contributed by atoms with Crippen LogP contribution in [-0.2, 0) is 10.0 Å². The number of rotatable bonds is 7. The molecular formula is C18H15N3O4S. The van der Waals surface area contributed by atoms with Crippen LogP contribution in [0.2, 0.25) is 0 Å². The smallest absolute Gasteiger partial charge is 0.255 e. The predicted octanol–water partition coefficient (Wildman–Crippen LogP) is 1.75. The molecule has 132 valence electrons. The molecule has 0 spiro atoms. The van der Waals surface area contributed by atoms with Crippen molar-refractivity contribution in [1.82, 2.24) is 4.72 Å². The third kappa shape index (κ3) is 5.08. The van der Waals surface area contributed by atoms with Gasteiger partial charge in [-0.3, -0.25) is 4.79 Å². The van der Waals surface area contributed by atoms with Crippen molar-refractivity contribution in [3.63, 3.8) is 0 Å². The summed E-state index contributed by atoms with van der Waals surface area (Å²) in [5.41, 5.74) is 0.677. The molecule has 26 heavy (non-hydrogen) atoms. The van der Waals surface area contributed by atoms with Gasteiger partial charge in [-0.25, -0.2) is 8.42 Å². The van der Waals surface area contributed by atoms with Gasteiger partial charge in [0.2, 0.25) is 10.0 Å². The normalized spacial score (nSPS) is 10.4. The highest BCUT2D eigenvalue weighted by Gasteiger charge is 2.15. The Kier molecular flexibility index (Phi) is 6.34. The number of nitrogens with zero attached hydrogens (tertiary/aromatic N) is 1. The molecule has 0 aliphatic carbocycles. The molecule has 2 aromatic rings. The fourth-order valence-electron chi connectivity index (χ4n) is 1.98. The molecule has 0 unspecified atom stereocenters. The van der Waals surface area contributed by atoms with E-state index < -0.39 is 15.9 Å².